The zero-order valence-electron chi connectivity index (χ0n) is 9.40. The Labute approximate surface area is 98.8 Å². The fourth-order valence-corrected chi connectivity index (χ4v) is 2.74. The summed E-state index contributed by atoms with van der Waals surface area (Å²) < 4.78 is 13.4. The van der Waals surface area contributed by atoms with Crippen molar-refractivity contribution in [2.24, 2.45) is 11.8 Å². The lowest BCUT2D eigenvalue weighted by Crippen LogP contribution is -2.32. The highest BCUT2D eigenvalue weighted by atomic mass is 19.1. The molecular formula is C12H14FN3O. The van der Waals surface area contributed by atoms with Gasteiger partial charge in [-0.15, -0.1) is 0 Å². The fraction of sp³-hybridized carbons (Fsp3) is 0.500. The summed E-state index contributed by atoms with van der Waals surface area (Å²) in [6, 6.07) is 3.09. The summed E-state index contributed by atoms with van der Waals surface area (Å²) in [5.74, 6) is 0.148. The van der Waals surface area contributed by atoms with E-state index in [1.54, 1.807) is 11.0 Å². The van der Waals surface area contributed by atoms with Gasteiger partial charge in [-0.25, -0.2) is 4.98 Å². The smallest absolute Gasteiger partial charge is 0.258 e. The molecule has 2 atom stereocenters. The Morgan fingerprint density at radius 1 is 1.41 bits per heavy atom. The Morgan fingerprint density at radius 3 is 2.76 bits per heavy atom. The molecular weight excluding hydrogens is 221 g/mol. The van der Waals surface area contributed by atoms with Gasteiger partial charge in [0.15, 0.2) is 0 Å². The molecule has 4 nitrogen and oxygen atoms in total. The van der Waals surface area contributed by atoms with Crippen molar-refractivity contribution in [2.75, 3.05) is 26.2 Å². The maximum absolute atomic E-state index is 13.4. The van der Waals surface area contributed by atoms with E-state index in [0.717, 1.165) is 26.2 Å². The Balaban J connectivity index is 1.78. The number of pyridine rings is 1. The summed E-state index contributed by atoms with van der Waals surface area (Å²) in [4.78, 5) is 17.4. The fourth-order valence-electron chi connectivity index (χ4n) is 2.74. The van der Waals surface area contributed by atoms with Gasteiger partial charge in [0, 0.05) is 32.4 Å². The van der Waals surface area contributed by atoms with Gasteiger partial charge in [-0.3, -0.25) is 4.79 Å². The number of hydrogen-bond acceptors (Lipinski definition) is 3. The highest BCUT2D eigenvalue weighted by Gasteiger charge is 2.38. The number of carbonyl (C=O) groups is 1. The number of halogens is 1. The first-order chi connectivity index (χ1) is 8.25. The Bertz CT molecular complexity index is 439. The summed E-state index contributed by atoms with van der Waals surface area (Å²) >= 11 is 0. The number of likely N-dealkylation sites (tertiary alicyclic amines) is 1. The highest BCUT2D eigenvalue weighted by Crippen LogP contribution is 2.27. The zero-order chi connectivity index (χ0) is 11.8. The van der Waals surface area contributed by atoms with Crippen LogP contribution in [0.1, 0.15) is 10.4 Å². The third-order valence-corrected chi connectivity index (χ3v) is 3.67. The van der Waals surface area contributed by atoms with Gasteiger partial charge in [0.05, 0.1) is 5.56 Å². The van der Waals surface area contributed by atoms with Gasteiger partial charge in [-0.05, 0) is 24.0 Å². The van der Waals surface area contributed by atoms with Crippen molar-refractivity contribution in [1.29, 1.82) is 0 Å². The van der Waals surface area contributed by atoms with Crippen LogP contribution in [0.25, 0.3) is 0 Å². The van der Waals surface area contributed by atoms with Crippen LogP contribution >= 0.6 is 0 Å². The number of nitrogens with zero attached hydrogens (tertiary/aromatic N) is 2. The maximum atomic E-state index is 13.4. The first kappa shape index (κ1) is 10.7. The second-order valence-electron chi connectivity index (χ2n) is 4.73. The van der Waals surface area contributed by atoms with Crippen molar-refractivity contribution in [3.8, 4) is 0 Å². The highest BCUT2D eigenvalue weighted by molar-refractivity contribution is 5.94. The van der Waals surface area contributed by atoms with E-state index in [2.05, 4.69) is 10.3 Å². The van der Waals surface area contributed by atoms with Gasteiger partial charge in [0.25, 0.3) is 5.91 Å². The third kappa shape index (κ3) is 1.80. The molecule has 17 heavy (non-hydrogen) atoms. The molecule has 5 heteroatoms. The van der Waals surface area contributed by atoms with Crippen molar-refractivity contribution in [1.82, 2.24) is 15.2 Å². The van der Waals surface area contributed by atoms with Crippen LogP contribution in [-0.4, -0.2) is 42.0 Å². The van der Waals surface area contributed by atoms with E-state index in [4.69, 9.17) is 0 Å². The SMILES string of the molecule is O=C(c1cccnc1F)N1CC2CNCC2C1. The normalized spacial score (nSPS) is 27.2. The summed E-state index contributed by atoms with van der Waals surface area (Å²) in [5, 5.41) is 3.31. The van der Waals surface area contributed by atoms with Crippen LogP contribution < -0.4 is 5.32 Å². The predicted molar refractivity (Wildman–Crippen MR) is 59.9 cm³/mol. The molecule has 2 aliphatic rings. The van der Waals surface area contributed by atoms with E-state index >= 15 is 0 Å². The van der Waals surface area contributed by atoms with Crippen molar-refractivity contribution < 1.29 is 9.18 Å². The minimum Gasteiger partial charge on any atom is -0.338 e. The molecule has 3 rings (SSSR count). The lowest BCUT2D eigenvalue weighted by atomic mass is 10.0. The topological polar surface area (TPSA) is 45.2 Å². The quantitative estimate of drug-likeness (QED) is 0.721. The molecule has 90 valence electrons. The average molecular weight is 235 g/mol. The molecule has 0 bridgehead atoms. The molecule has 2 fully saturated rings. The Kier molecular flexibility index (Phi) is 2.55. The van der Waals surface area contributed by atoms with Crippen LogP contribution in [0.2, 0.25) is 0 Å². The number of hydrogen-bond donors (Lipinski definition) is 1. The summed E-state index contributed by atoms with van der Waals surface area (Å²) in [6.07, 6.45) is 1.36. The van der Waals surface area contributed by atoms with Gasteiger partial charge in [0.2, 0.25) is 5.95 Å². The lowest BCUT2D eigenvalue weighted by Gasteiger charge is -2.17. The monoisotopic (exact) mass is 235 g/mol. The molecule has 0 saturated carbocycles. The maximum Gasteiger partial charge on any atom is 0.258 e. The molecule has 1 aromatic rings. The molecule has 1 amide bonds. The van der Waals surface area contributed by atoms with Gasteiger partial charge >= 0.3 is 0 Å². The minimum absolute atomic E-state index is 0.0837. The van der Waals surface area contributed by atoms with Crippen molar-refractivity contribution >= 4 is 5.91 Å². The van der Waals surface area contributed by atoms with E-state index in [9.17, 15) is 9.18 Å². The first-order valence-corrected chi connectivity index (χ1v) is 5.86. The minimum atomic E-state index is -0.673. The molecule has 2 saturated heterocycles. The van der Waals surface area contributed by atoms with E-state index < -0.39 is 5.95 Å². The summed E-state index contributed by atoms with van der Waals surface area (Å²) in [7, 11) is 0. The number of rotatable bonds is 1. The Morgan fingerprint density at radius 2 is 2.12 bits per heavy atom. The molecule has 2 unspecified atom stereocenters. The van der Waals surface area contributed by atoms with Crippen LogP contribution in [0.5, 0.6) is 0 Å². The second kappa shape index (κ2) is 4.07. The standard InChI is InChI=1S/C12H14FN3O/c13-11-10(2-1-3-15-11)12(17)16-6-8-4-14-5-9(8)7-16/h1-3,8-9,14H,4-7H2. The molecule has 3 heterocycles. The van der Waals surface area contributed by atoms with Crippen LogP contribution in [0.4, 0.5) is 4.39 Å². The second-order valence-corrected chi connectivity index (χ2v) is 4.73. The van der Waals surface area contributed by atoms with Crippen LogP contribution in [-0.2, 0) is 0 Å². The number of carbonyl (C=O) groups excluding carboxylic acids is 1. The number of fused-ring (bicyclic) bond motifs is 1. The third-order valence-electron chi connectivity index (χ3n) is 3.67. The van der Waals surface area contributed by atoms with Gasteiger partial charge < -0.3 is 10.2 Å². The number of nitrogens with one attached hydrogen (secondary N) is 1. The average Bonchev–Trinajstić information content (AvgIpc) is 2.88. The van der Waals surface area contributed by atoms with Gasteiger partial charge in [-0.1, -0.05) is 0 Å². The zero-order valence-corrected chi connectivity index (χ0v) is 9.40. The molecule has 1 N–H and O–H groups in total. The molecule has 0 aliphatic carbocycles. The van der Waals surface area contributed by atoms with Crippen LogP contribution in [0.3, 0.4) is 0 Å². The molecule has 0 spiro atoms. The summed E-state index contributed by atoms with van der Waals surface area (Å²) in [6.45, 7) is 3.38. The predicted octanol–water partition coefficient (Wildman–Crippen LogP) is 0.512. The molecule has 0 radical (unpaired) electrons. The number of amides is 1. The molecule has 2 aliphatic heterocycles. The first-order valence-electron chi connectivity index (χ1n) is 5.86. The summed E-state index contributed by atoms with van der Waals surface area (Å²) in [5.41, 5.74) is 0.0837. The van der Waals surface area contributed by atoms with Gasteiger partial charge in [0.1, 0.15) is 0 Å². The van der Waals surface area contributed by atoms with Gasteiger partial charge in [-0.2, -0.15) is 4.39 Å². The van der Waals surface area contributed by atoms with Crippen molar-refractivity contribution in [2.45, 2.75) is 0 Å². The largest absolute Gasteiger partial charge is 0.338 e. The molecule has 0 aromatic carbocycles. The lowest BCUT2D eigenvalue weighted by molar-refractivity contribution is 0.0776. The molecule has 1 aromatic heterocycles. The van der Waals surface area contributed by atoms with E-state index in [-0.39, 0.29) is 11.5 Å². The van der Waals surface area contributed by atoms with E-state index in [1.165, 1.54) is 12.3 Å². The Hall–Kier alpha value is -1.49. The van der Waals surface area contributed by atoms with Crippen LogP contribution in [0.15, 0.2) is 18.3 Å². The number of aromatic nitrogens is 1. The van der Waals surface area contributed by atoms with Crippen molar-refractivity contribution in [3.63, 3.8) is 0 Å². The van der Waals surface area contributed by atoms with E-state index in [0.29, 0.717) is 11.8 Å². The van der Waals surface area contributed by atoms with E-state index in [1.807, 2.05) is 0 Å². The van der Waals surface area contributed by atoms with Crippen LogP contribution in [0, 0.1) is 17.8 Å². The van der Waals surface area contributed by atoms with Crippen molar-refractivity contribution in [3.05, 3.63) is 29.8 Å².